The van der Waals surface area contributed by atoms with Crippen molar-refractivity contribution in [3.8, 4) is 0 Å². The van der Waals surface area contributed by atoms with E-state index in [1.165, 1.54) is 0 Å². The monoisotopic (exact) mass is 238 g/mol. The van der Waals surface area contributed by atoms with E-state index in [-0.39, 0.29) is 11.3 Å². The first-order valence-corrected chi connectivity index (χ1v) is 6.50. The maximum atomic E-state index is 10.5. The molecule has 3 atom stereocenters. The molecular formula is C15H26O2. The molecule has 1 rings (SSSR count). The molecule has 0 aromatic heterocycles. The van der Waals surface area contributed by atoms with E-state index in [1.54, 1.807) is 6.92 Å². The van der Waals surface area contributed by atoms with Gasteiger partial charge >= 0.3 is 0 Å². The minimum atomic E-state index is -1.09. The number of allylic oxidation sites excluding steroid dienone is 2. The molecule has 1 aliphatic carbocycles. The Morgan fingerprint density at radius 1 is 1.53 bits per heavy atom. The fourth-order valence-corrected chi connectivity index (χ4v) is 2.38. The van der Waals surface area contributed by atoms with Crippen LogP contribution < -0.4 is 0 Å². The molecule has 3 unspecified atom stereocenters. The molecule has 0 amide bonds. The zero-order chi connectivity index (χ0) is 13.3. The van der Waals surface area contributed by atoms with Crippen LogP contribution in [0, 0.1) is 11.3 Å². The van der Waals surface area contributed by atoms with Gasteiger partial charge in [0.25, 0.3) is 0 Å². The standard InChI is InChI=1S/C15H26O2/c1-6-14(4)10-8-7-9-12(14)13(16)15(5,17)11(2)3/h6,9,11,13,16-17H,1,7-8,10H2,2-5H3. The molecule has 98 valence electrons. The average molecular weight is 238 g/mol. The van der Waals surface area contributed by atoms with Gasteiger partial charge in [0, 0.05) is 5.41 Å². The summed E-state index contributed by atoms with van der Waals surface area (Å²) in [5.74, 6) is 0.00870. The Bertz CT molecular complexity index is 315. The van der Waals surface area contributed by atoms with Gasteiger partial charge < -0.3 is 10.2 Å². The zero-order valence-electron chi connectivity index (χ0n) is 11.5. The van der Waals surface area contributed by atoms with Crippen LogP contribution in [-0.4, -0.2) is 21.9 Å². The summed E-state index contributed by atoms with van der Waals surface area (Å²) in [6, 6.07) is 0. The quantitative estimate of drug-likeness (QED) is 0.739. The maximum absolute atomic E-state index is 10.5. The summed E-state index contributed by atoms with van der Waals surface area (Å²) in [7, 11) is 0. The van der Waals surface area contributed by atoms with Crippen LogP contribution in [-0.2, 0) is 0 Å². The first-order chi connectivity index (χ1) is 7.75. The van der Waals surface area contributed by atoms with Crippen LogP contribution in [0.1, 0.15) is 47.0 Å². The zero-order valence-corrected chi connectivity index (χ0v) is 11.5. The Hall–Kier alpha value is -0.600. The number of hydrogen-bond acceptors (Lipinski definition) is 2. The second-order valence-corrected chi connectivity index (χ2v) is 5.96. The van der Waals surface area contributed by atoms with Crippen molar-refractivity contribution in [3.63, 3.8) is 0 Å². The van der Waals surface area contributed by atoms with E-state index in [4.69, 9.17) is 0 Å². The van der Waals surface area contributed by atoms with Crippen molar-refractivity contribution in [3.05, 3.63) is 24.3 Å². The van der Waals surface area contributed by atoms with Crippen LogP contribution in [0.4, 0.5) is 0 Å². The van der Waals surface area contributed by atoms with Gasteiger partial charge in [-0.15, -0.1) is 6.58 Å². The molecule has 0 aliphatic heterocycles. The molecule has 2 nitrogen and oxygen atoms in total. The number of aliphatic hydroxyl groups excluding tert-OH is 1. The van der Waals surface area contributed by atoms with Crippen LogP contribution in [0.2, 0.25) is 0 Å². The molecule has 0 spiro atoms. The molecule has 0 aromatic rings. The predicted molar refractivity (Wildman–Crippen MR) is 71.7 cm³/mol. The van der Waals surface area contributed by atoms with Crippen molar-refractivity contribution >= 4 is 0 Å². The predicted octanol–water partition coefficient (Wildman–Crippen LogP) is 3.06. The topological polar surface area (TPSA) is 40.5 Å². The first kappa shape index (κ1) is 14.5. The fraction of sp³-hybridized carbons (Fsp3) is 0.733. The fourth-order valence-electron chi connectivity index (χ4n) is 2.38. The van der Waals surface area contributed by atoms with Gasteiger partial charge in [-0.3, -0.25) is 0 Å². The molecular weight excluding hydrogens is 212 g/mol. The highest BCUT2D eigenvalue weighted by Crippen LogP contribution is 2.43. The Labute approximate surface area is 105 Å². The third-order valence-corrected chi connectivity index (χ3v) is 4.39. The summed E-state index contributed by atoms with van der Waals surface area (Å²) >= 11 is 0. The molecule has 0 saturated heterocycles. The van der Waals surface area contributed by atoms with E-state index < -0.39 is 11.7 Å². The molecule has 2 heteroatoms. The molecule has 0 fully saturated rings. The van der Waals surface area contributed by atoms with Crippen molar-refractivity contribution < 1.29 is 10.2 Å². The average Bonchev–Trinajstić information content (AvgIpc) is 2.28. The Morgan fingerprint density at radius 3 is 2.59 bits per heavy atom. The molecule has 0 radical (unpaired) electrons. The van der Waals surface area contributed by atoms with Crippen LogP contribution in [0.15, 0.2) is 24.3 Å². The summed E-state index contributed by atoms with van der Waals surface area (Å²) in [5.41, 5.74) is -0.346. The molecule has 0 saturated carbocycles. The molecule has 1 aliphatic rings. The number of hydrogen-bond donors (Lipinski definition) is 2. The first-order valence-electron chi connectivity index (χ1n) is 6.50. The van der Waals surface area contributed by atoms with Crippen molar-refractivity contribution in [2.24, 2.45) is 11.3 Å². The van der Waals surface area contributed by atoms with Gasteiger partial charge in [0.05, 0.1) is 5.60 Å². The van der Waals surface area contributed by atoms with Gasteiger partial charge in [0.15, 0.2) is 0 Å². The summed E-state index contributed by atoms with van der Waals surface area (Å²) in [4.78, 5) is 0. The Morgan fingerprint density at radius 2 is 2.12 bits per heavy atom. The van der Waals surface area contributed by atoms with Crippen LogP contribution in [0.5, 0.6) is 0 Å². The lowest BCUT2D eigenvalue weighted by molar-refractivity contribution is -0.0813. The smallest absolute Gasteiger partial charge is 0.104 e. The van der Waals surface area contributed by atoms with Gasteiger partial charge in [-0.05, 0) is 37.7 Å². The summed E-state index contributed by atoms with van der Waals surface area (Å²) < 4.78 is 0. The normalized spacial score (nSPS) is 30.6. The van der Waals surface area contributed by atoms with Crippen molar-refractivity contribution in [2.45, 2.75) is 58.7 Å². The lowest BCUT2D eigenvalue weighted by atomic mass is 9.68. The van der Waals surface area contributed by atoms with Crippen LogP contribution >= 0.6 is 0 Å². The van der Waals surface area contributed by atoms with Gasteiger partial charge in [0.1, 0.15) is 6.10 Å². The van der Waals surface area contributed by atoms with Crippen molar-refractivity contribution in [2.75, 3.05) is 0 Å². The van der Waals surface area contributed by atoms with Crippen LogP contribution in [0.25, 0.3) is 0 Å². The minimum absolute atomic E-state index is 0.00870. The van der Waals surface area contributed by atoms with E-state index in [9.17, 15) is 10.2 Å². The Kier molecular flexibility index (Phi) is 4.21. The van der Waals surface area contributed by atoms with Crippen LogP contribution in [0.3, 0.4) is 0 Å². The van der Waals surface area contributed by atoms with E-state index in [2.05, 4.69) is 19.6 Å². The lowest BCUT2D eigenvalue weighted by Gasteiger charge is -2.42. The van der Waals surface area contributed by atoms with E-state index in [0.29, 0.717) is 0 Å². The Balaban J connectivity index is 3.06. The highest BCUT2D eigenvalue weighted by Gasteiger charge is 2.42. The molecule has 0 heterocycles. The maximum Gasteiger partial charge on any atom is 0.104 e. The third kappa shape index (κ3) is 2.63. The third-order valence-electron chi connectivity index (χ3n) is 4.39. The van der Waals surface area contributed by atoms with Crippen molar-refractivity contribution in [1.82, 2.24) is 0 Å². The SMILES string of the molecule is C=CC1(C)CCCC=C1C(O)C(C)(O)C(C)C. The van der Waals surface area contributed by atoms with Gasteiger partial charge in [0.2, 0.25) is 0 Å². The molecule has 0 aromatic carbocycles. The highest BCUT2D eigenvalue weighted by molar-refractivity contribution is 5.28. The second-order valence-electron chi connectivity index (χ2n) is 5.96. The van der Waals surface area contributed by atoms with E-state index in [1.807, 2.05) is 19.9 Å². The molecule has 2 N–H and O–H groups in total. The number of rotatable bonds is 4. The molecule has 0 bridgehead atoms. The van der Waals surface area contributed by atoms with E-state index in [0.717, 1.165) is 24.8 Å². The van der Waals surface area contributed by atoms with Gasteiger partial charge in [-0.2, -0.15) is 0 Å². The number of aliphatic hydroxyl groups is 2. The lowest BCUT2D eigenvalue weighted by Crippen LogP contribution is -2.48. The minimum Gasteiger partial charge on any atom is -0.387 e. The summed E-state index contributed by atoms with van der Waals surface area (Å²) in [6.07, 6.45) is 6.25. The largest absolute Gasteiger partial charge is 0.387 e. The molecule has 17 heavy (non-hydrogen) atoms. The second kappa shape index (κ2) is 4.95. The highest BCUT2D eigenvalue weighted by atomic mass is 16.3. The summed E-state index contributed by atoms with van der Waals surface area (Å²) in [5, 5.41) is 20.9. The van der Waals surface area contributed by atoms with Crippen molar-refractivity contribution in [1.29, 1.82) is 0 Å². The van der Waals surface area contributed by atoms with Gasteiger partial charge in [-0.25, -0.2) is 0 Å². The van der Waals surface area contributed by atoms with Gasteiger partial charge in [-0.1, -0.05) is 32.9 Å². The van der Waals surface area contributed by atoms with E-state index >= 15 is 0 Å². The summed E-state index contributed by atoms with van der Waals surface area (Å²) in [6.45, 7) is 11.5.